The molecule has 0 N–H and O–H groups in total. The molecule has 2 rings (SSSR count). The maximum atomic E-state index is 12.7. The lowest BCUT2D eigenvalue weighted by Gasteiger charge is -2.08. The van der Waals surface area contributed by atoms with E-state index in [9.17, 15) is 10.1 Å². The second-order valence-corrected chi connectivity index (χ2v) is 5.37. The molecule has 23 heavy (non-hydrogen) atoms. The first kappa shape index (κ1) is 16.6. The van der Waals surface area contributed by atoms with Gasteiger partial charge in [-0.1, -0.05) is 36.8 Å². The fourth-order valence-electron chi connectivity index (χ4n) is 2.70. The number of imidazole rings is 1. The zero-order valence-corrected chi connectivity index (χ0v) is 14.0. The molecule has 1 aromatic heterocycles. The van der Waals surface area contributed by atoms with Crippen molar-refractivity contribution in [2.24, 2.45) is 7.05 Å². The zero-order chi connectivity index (χ0) is 17.0. The van der Waals surface area contributed by atoms with Gasteiger partial charge in [-0.05, 0) is 38.5 Å². The van der Waals surface area contributed by atoms with E-state index in [4.69, 9.17) is 0 Å². The van der Waals surface area contributed by atoms with Gasteiger partial charge in [0.15, 0.2) is 0 Å². The van der Waals surface area contributed by atoms with Gasteiger partial charge in [0.05, 0.1) is 22.3 Å². The highest BCUT2D eigenvalue weighted by Crippen LogP contribution is 2.22. The molecular formula is C19H21N3O. The number of rotatable bonds is 4. The molecule has 4 heteroatoms. The molecule has 118 valence electrons. The lowest BCUT2D eigenvalue weighted by Crippen LogP contribution is -2.22. The number of hydrogen-bond donors (Lipinski definition) is 0. The number of aryl methyl sites for hydroxylation is 1. The molecule has 0 fully saturated rings. The molecule has 0 saturated heterocycles. The highest BCUT2D eigenvalue weighted by molar-refractivity contribution is 5.84. The first-order chi connectivity index (χ1) is 11.0. The van der Waals surface area contributed by atoms with Crippen molar-refractivity contribution in [2.45, 2.75) is 27.2 Å². The van der Waals surface area contributed by atoms with Gasteiger partial charge >= 0.3 is 5.69 Å². The van der Waals surface area contributed by atoms with Crippen LogP contribution in [0.4, 0.5) is 0 Å². The second-order valence-electron chi connectivity index (χ2n) is 5.37. The van der Waals surface area contributed by atoms with Crippen LogP contribution in [0.3, 0.4) is 0 Å². The topological polar surface area (TPSA) is 50.7 Å². The predicted octanol–water partition coefficient (Wildman–Crippen LogP) is 4.01. The zero-order valence-electron chi connectivity index (χ0n) is 14.0. The van der Waals surface area contributed by atoms with Crippen LogP contribution < -0.4 is 5.69 Å². The van der Waals surface area contributed by atoms with Crippen molar-refractivity contribution in [2.75, 3.05) is 0 Å². The van der Waals surface area contributed by atoms with E-state index >= 15 is 0 Å². The summed E-state index contributed by atoms with van der Waals surface area (Å²) in [7, 11) is 1.74. The van der Waals surface area contributed by atoms with Crippen LogP contribution in [-0.2, 0) is 7.05 Å². The third kappa shape index (κ3) is 3.04. The van der Waals surface area contributed by atoms with Crippen LogP contribution in [0.15, 0.2) is 58.4 Å². The average Bonchev–Trinajstić information content (AvgIpc) is 2.80. The Morgan fingerprint density at radius 1 is 1.30 bits per heavy atom. The van der Waals surface area contributed by atoms with Crippen molar-refractivity contribution < 1.29 is 0 Å². The molecule has 0 aliphatic carbocycles. The van der Waals surface area contributed by atoms with Gasteiger partial charge in [0.1, 0.15) is 6.07 Å². The first-order valence-corrected chi connectivity index (χ1v) is 7.67. The predicted molar refractivity (Wildman–Crippen MR) is 94.9 cm³/mol. The number of nitriles is 1. The van der Waals surface area contributed by atoms with E-state index in [0.29, 0.717) is 11.3 Å². The lowest BCUT2D eigenvalue weighted by molar-refractivity contribution is 0.853. The summed E-state index contributed by atoms with van der Waals surface area (Å²) >= 11 is 0. The molecule has 0 bridgehead atoms. The third-order valence-corrected chi connectivity index (χ3v) is 3.77. The molecule has 2 aromatic rings. The van der Waals surface area contributed by atoms with Crippen LogP contribution in [0.2, 0.25) is 0 Å². The summed E-state index contributed by atoms with van der Waals surface area (Å²) in [5.41, 5.74) is 3.59. The molecule has 1 heterocycles. The lowest BCUT2D eigenvalue weighted by atomic mass is 10.1. The van der Waals surface area contributed by atoms with Crippen molar-refractivity contribution in [3.63, 3.8) is 0 Å². The van der Waals surface area contributed by atoms with Crippen molar-refractivity contribution in [1.29, 1.82) is 5.26 Å². The number of benzene rings is 1. The first-order valence-electron chi connectivity index (χ1n) is 7.67. The summed E-state index contributed by atoms with van der Waals surface area (Å²) in [6.07, 6.45) is 6.59. The molecule has 0 spiro atoms. The largest absolute Gasteiger partial charge is 0.333 e. The van der Waals surface area contributed by atoms with E-state index in [1.165, 1.54) is 0 Å². The van der Waals surface area contributed by atoms with E-state index in [2.05, 4.69) is 19.1 Å². The molecule has 0 amide bonds. The summed E-state index contributed by atoms with van der Waals surface area (Å²) in [5, 5.41) is 9.57. The number of aromatic nitrogens is 2. The molecule has 0 aliphatic heterocycles. The molecule has 1 aromatic carbocycles. The van der Waals surface area contributed by atoms with Gasteiger partial charge in [-0.25, -0.2) is 4.79 Å². The third-order valence-electron chi connectivity index (χ3n) is 3.77. The Bertz CT molecular complexity index is 914. The fraction of sp³-hybridized carbons (Fsp3) is 0.263. The molecular weight excluding hydrogens is 286 g/mol. The Kier molecular flexibility index (Phi) is 5.02. The molecule has 0 saturated carbocycles. The SMILES string of the molecule is C\C=C(/C(C#N)=C\C(C)=C/CC)n1c(=O)n(C)c2ccccc21. The maximum Gasteiger partial charge on any atom is 0.333 e. The van der Waals surface area contributed by atoms with Crippen molar-refractivity contribution in [3.8, 4) is 6.07 Å². The van der Waals surface area contributed by atoms with E-state index in [1.54, 1.807) is 16.2 Å². The van der Waals surface area contributed by atoms with E-state index in [0.717, 1.165) is 23.0 Å². The summed E-state index contributed by atoms with van der Waals surface area (Å²) in [4.78, 5) is 12.7. The van der Waals surface area contributed by atoms with Crippen molar-refractivity contribution in [1.82, 2.24) is 9.13 Å². The molecule has 4 nitrogen and oxygen atoms in total. The number of allylic oxidation sites excluding steroid dienone is 6. The van der Waals surface area contributed by atoms with Gasteiger partial charge in [0.2, 0.25) is 0 Å². The quantitative estimate of drug-likeness (QED) is 0.633. The Morgan fingerprint density at radius 2 is 1.96 bits per heavy atom. The summed E-state index contributed by atoms with van der Waals surface area (Å²) in [6, 6.07) is 9.81. The Balaban J connectivity index is 2.73. The van der Waals surface area contributed by atoms with Crippen molar-refractivity contribution in [3.05, 3.63) is 64.1 Å². The van der Waals surface area contributed by atoms with Crippen LogP contribution in [0.25, 0.3) is 16.7 Å². The van der Waals surface area contributed by atoms with Crippen LogP contribution in [0.5, 0.6) is 0 Å². The van der Waals surface area contributed by atoms with Gasteiger partial charge in [0, 0.05) is 7.05 Å². The number of hydrogen-bond acceptors (Lipinski definition) is 2. The van der Waals surface area contributed by atoms with E-state index in [-0.39, 0.29) is 5.69 Å². The average molecular weight is 307 g/mol. The normalized spacial score (nSPS) is 13.4. The highest BCUT2D eigenvalue weighted by atomic mass is 16.1. The van der Waals surface area contributed by atoms with Gasteiger partial charge in [-0.2, -0.15) is 5.26 Å². The standard InChI is InChI=1S/C19H21N3O/c1-5-9-14(3)12-15(13-20)16(6-2)22-18-11-8-7-10-17(18)21(4)19(22)23/h6-12H,5H2,1-4H3/b14-9-,15-12-,16-6+. The Labute approximate surface area is 136 Å². The summed E-state index contributed by atoms with van der Waals surface area (Å²) in [5.74, 6) is 0. The fourth-order valence-corrected chi connectivity index (χ4v) is 2.70. The number of nitrogens with zero attached hydrogens (tertiary/aromatic N) is 3. The molecule has 0 unspecified atom stereocenters. The number of fused-ring (bicyclic) bond motifs is 1. The summed E-state index contributed by atoms with van der Waals surface area (Å²) in [6.45, 7) is 5.85. The smallest absolute Gasteiger partial charge is 0.295 e. The molecule has 0 aliphatic rings. The van der Waals surface area contributed by atoms with Crippen LogP contribution in [0.1, 0.15) is 27.2 Å². The summed E-state index contributed by atoms with van der Waals surface area (Å²) < 4.78 is 3.20. The maximum absolute atomic E-state index is 12.7. The number of para-hydroxylation sites is 2. The Hall–Kier alpha value is -2.80. The Morgan fingerprint density at radius 3 is 2.52 bits per heavy atom. The minimum atomic E-state index is -0.155. The van der Waals surface area contributed by atoms with Gasteiger partial charge in [0.25, 0.3) is 0 Å². The van der Waals surface area contributed by atoms with E-state index < -0.39 is 0 Å². The van der Waals surface area contributed by atoms with Crippen LogP contribution in [-0.4, -0.2) is 9.13 Å². The molecule has 0 radical (unpaired) electrons. The highest BCUT2D eigenvalue weighted by Gasteiger charge is 2.16. The monoisotopic (exact) mass is 307 g/mol. The van der Waals surface area contributed by atoms with Crippen molar-refractivity contribution >= 4 is 16.7 Å². The molecule has 0 atom stereocenters. The second kappa shape index (κ2) is 6.97. The van der Waals surface area contributed by atoms with Crippen LogP contribution >= 0.6 is 0 Å². The van der Waals surface area contributed by atoms with Gasteiger partial charge in [-0.15, -0.1) is 0 Å². The minimum Gasteiger partial charge on any atom is -0.295 e. The minimum absolute atomic E-state index is 0.155. The van der Waals surface area contributed by atoms with Crippen LogP contribution in [0, 0.1) is 11.3 Å². The van der Waals surface area contributed by atoms with E-state index in [1.807, 2.05) is 50.3 Å². The van der Waals surface area contributed by atoms with Gasteiger partial charge < -0.3 is 0 Å². The van der Waals surface area contributed by atoms with Gasteiger partial charge in [-0.3, -0.25) is 9.13 Å².